The summed E-state index contributed by atoms with van der Waals surface area (Å²) in [6, 6.07) is 0. The highest BCUT2D eigenvalue weighted by Gasteiger charge is 2.36. The van der Waals surface area contributed by atoms with Crippen molar-refractivity contribution in [1.82, 2.24) is 9.62 Å². The van der Waals surface area contributed by atoms with Gasteiger partial charge >= 0.3 is 0 Å². The summed E-state index contributed by atoms with van der Waals surface area (Å²) in [6.07, 6.45) is 4.34. The Balaban J connectivity index is 2.62. The van der Waals surface area contributed by atoms with Gasteiger partial charge in [-0.15, -0.1) is 0 Å². The largest absolute Gasteiger partial charge is 0.392 e. The van der Waals surface area contributed by atoms with Crippen LogP contribution < -0.4 is 10.5 Å². The summed E-state index contributed by atoms with van der Waals surface area (Å²) in [4.78, 5) is 2.12. The zero-order valence-electron chi connectivity index (χ0n) is 10.4. The van der Waals surface area contributed by atoms with Crippen LogP contribution in [0.3, 0.4) is 0 Å². The van der Waals surface area contributed by atoms with Gasteiger partial charge in [0.05, 0.1) is 4.99 Å². The fourth-order valence-corrected chi connectivity index (χ4v) is 3.73. The Bertz CT molecular complexity index is 373. The molecule has 0 heterocycles. The van der Waals surface area contributed by atoms with Crippen LogP contribution in [0, 0.1) is 0 Å². The molecule has 0 spiro atoms. The van der Waals surface area contributed by atoms with Gasteiger partial charge in [-0.25, -0.2) is 13.1 Å². The van der Waals surface area contributed by atoms with Crippen LogP contribution in [0.15, 0.2) is 0 Å². The summed E-state index contributed by atoms with van der Waals surface area (Å²) < 4.78 is 25.9. The Morgan fingerprint density at radius 2 is 1.94 bits per heavy atom. The van der Waals surface area contributed by atoms with Gasteiger partial charge in [0.2, 0.25) is 10.0 Å². The molecular formula is C10H21N3O2S2. The van der Waals surface area contributed by atoms with Crippen molar-refractivity contribution in [3.63, 3.8) is 0 Å². The number of hydrogen-bond donors (Lipinski definition) is 2. The zero-order valence-corrected chi connectivity index (χ0v) is 12.0. The van der Waals surface area contributed by atoms with Gasteiger partial charge < -0.3 is 10.6 Å². The number of rotatable bonds is 6. The number of thiocarbonyl (C=S) groups is 1. The number of hydrogen-bond acceptors (Lipinski definition) is 4. The minimum absolute atomic E-state index is 0.00262. The van der Waals surface area contributed by atoms with Crippen molar-refractivity contribution in [2.75, 3.05) is 26.4 Å². The lowest BCUT2D eigenvalue weighted by Crippen LogP contribution is -2.51. The van der Waals surface area contributed by atoms with Crippen molar-refractivity contribution in [2.45, 2.75) is 31.2 Å². The minimum atomic E-state index is -3.38. The lowest BCUT2D eigenvalue weighted by Gasteiger charge is -2.36. The first-order valence-electron chi connectivity index (χ1n) is 5.70. The molecule has 0 unspecified atom stereocenters. The van der Waals surface area contributed by atoms with Gasteiger partial charge in [-0.3, -0.25) is 0 Å². The average molecular weight is 279 g/mol. The summed E-state index contributed by atoms with van der Waals surface area (Å²) in [6.45, 7) is 0.435. The third kappa shape index (κ3) is 4.17. The molecule has 1 fully saturated rings. The summed E-state index contributed by atoms with van der Waals surface area (Å²) in [7, 11) is 0.604. The van der Waals surface area contributed by atoms with Crippen molar-refractivity contribution in [3.05, 3.63) is 0 Å². The number of nitrogens with zero attached hydrogens (tertiary/aromatic N) is 1. The third-order valence-electron chi connectivity index (χ3n) is 3.44. The van der Waals surface area contributed by atoms with Crippen molar-refractivity contribution in [3.8, 4) is 0 Å². The maximum absolute atomic E-state index is 11.7. The van der Waals surface area contributed by atoms with E-state index < -0.39 is 10.0 Å². The molecule has 0 aromatic heterocycles. The fourth-order valence-electron chi connectivity index (χ4n) is 2.30. The van der Waals surface area contributed by atoms with Crippen molar-refractivity contribution < 1.29 is 8.42 Å². The lowest BCUT2D eigenvalue weighted by atomic mass is 9.97. The minimum Gasteiger partial charge on any atom is -0.392 e. The maximum atomic E-state index is 11.7. The lowest BCUT2D eigenvalue weighted by molar-refractivity contribution is 0.162. The van der Waals surface area contributed by atoms with E-state index in [4.69, 9.17) is 5.73 Å². The molecule has 0 radical (unpaired) electrons. The van der Waals surface area contributed by atoms with E-state index in [9.17, 15) is 8.42 Å². The zero-order chi connectivity index (χ0) is 13.1. The van der Waals surface area contributed by atoms with Gasteiger partial charge in [-0.2, -0.15) is 0 Å². The quantitative estimate of drug-likeness (QED) is 0.673. The molecule has 0 aromatic carbocycles. The molecule has 0 atom stereocenters. The van der Waals surface area contributed by atoms with E-state index in [1.54, 1.807) is 0 Å². The smallest absolute Gasteiger partial charge is 0.218 e. The molecule has 1 aliphatic carbocycles. The van der Waals surface area contributed by atoms with E-state index in [0.29, 0.717) is 6.54 Å². The molecule has 0 bridgehead atoms. The Morgan fingerprint density at radius 1 is 1.41 bits per heavy atom. The molecule has 0 aliphatic heterocycles. The van der Waals surface area contributed by atoms with Crippen LogP contribution in [0.4, 0.5) is 0 Å². The van der Waals surface area contributed by atoms with E-state index in [1.807, 2.05) is 14.1 Å². The SMILES string of the molecule is CN(C)C1(CNS(=O)(=O)CC(N)=S)CCCC1. The van der Waals surface area contributed by atoms with Crippen molar-refractivity contribution in [2.24, 2.45) is 5.73 Å². The standard InChI is InChI=1S/C10H21N3O2S2/c1-13(2)10(5-3-4-6-10)8-12-17(14,15)7-9(11)16/h12H,3-8H2,1-2H3,(H2,11,16). The van der Waals surface area contributed by atoms with Gasteiger partial charge in [0.1, 0.15) is 5.75 Å². The monoisotopic (exact) mass is 279 g/mol. The summed E-state index contributed by atoms with van der Waals surface area (Å²) >= 11 is 4.62. The van der Waals surface area contributed by atoms with Crippen LogP contribution in [0.2, 0.25) is 0 Å². The molecule has 1 aliphatic rings. The van der Waals surface area contributed by atoms with Gasteiger partial charge in [-0.1, -0.05) is 25.1 Å². The molecule has 0 amide bonds. The van der Waals surface area contributed by atoms with E-state index >= 15 is 0 Å². The Hall–Kier alpha value is -0.240. The second kappa shape index (κ2) is 5.60. The summed E-state index contributed by atoms with van der Waals surface area (Å²) in [5.74, 6) is -0.272. The van der Waals surface area contributed by atoms with Crippen LogP contribution in [-0.2, 0) is 10.0 Å². The molecule has 100 valence electrons. The first kappa shape index (κ1) is 14.8. The molecule has 17 heavy (non-hydrogen) atoms. The second-order valence-electron chi connectivity index (χ2n) is 4.87. The van der Waals surface area contributed by atoms with Gasteiger partial charge in [0.15, 0.2) is 0 Å². The molecule has 7 heteroatoms. The van der Waals surface area contributed by atoms with E-state index in [0.717, 1.165) is 25.7 Å². The number of sulfonamides is 1. The van der Waals surface area contributed by atoms with Gasteiger partial charge in [0.25, 0.3) is 0 Å². The normalized spacial score (nSPS) is 19.7. The predicted octanol–water partition coefficient (Wildman–Crippen LogP) is 0.0663. The predicted molar refractivity (Wildman–Crippen MR) is 73.5 cm³/mol. The van der Waals surface area contributed by atoms with Gasteiger partial charge in [0, 0.05) is 12.1 Å². The maximum Gasteiger partial charge on any atom is 0.218 e. The number of nitrogens with two attached hydrogens (primary N) is 1. The fraction of sp³-hybridized carbons (Fsp3) is 0.900. The molecule has 3 N–H and O–H groups in total. The number of nitrogens with one attached hydrogen (secondary N) is 1. The molecular weight excluding hydrogens is 258 g/mol. The second-order valence-corrected chi connectivity index (χ2v) is 7.20. The van der Waals surface area contributed by atoms with Crippen molar-refractivity contribution in [1.29, 1.82) is 0 Å². The van der Waals surface area contributed by atoms with Crippen LogP contribution in [0.1, 0.15) is 25.7 Å². The summed E-state index contributed by atoms with van der Waals surface area (Å²) in [5, 5.41) is 0. The van der Waals surface area contributed by atoms with Crippen LogP contribution in [-0.4, -0.2) is 50.2 Å². The first-order valence-corrected chi connectivity index (χ1v) is 7.77. The third-order valence-corrected chi connectivity index (χ3v) is 5.04. The molecule has 1 saturated carbocycles. The highest BCUT2D eigenvalue weighted by Crippen LogP contribution is 2.33. The van der Waals surface area contributed by atoms with Gasteiger partial charge in [-0.05, 0) is 26.9 Å². The molecule has 1 rings (SSSR count). The van der Waals surface area contributed by atoms with Crippen LogP contribution in [0.5, 0.6) is 0 Å². The molecule has 5 nitrogen and oxygen atoms in total. The van der Waals surface area contributed by atoms with E-state index in [-0.39, 0.29) is 16.3 Å². The highest BCUT2D eigenvalue weighted by molar-refractivity contribution is 7.92. The Kier molecular flexibility index (Phi) is 4.88. The highest BCUT2D eigenvalue weighted by atomic mass is 32.2. The average Bonchev–Trinajstić information content (AvgIpc) is 2.62. The topological polar surface area (TPSA) is 75.4 Å². The number of likely N-dealkylation sites (N-methyl/N-ethyl adjacent to an activating group) is 1. The molecule has 0 aromatic rings. The van der Waals surface area contributed by atoms with E-state index in [2.05, 4.69) is 21.8 Å². The van der Waals surface area contributed by atoms with Crippen molar-refractivity contribution >= 4 is 27.2 Å². The Labute approximate surface area is 109 Å². The van der Waals surface area contributed by atoms with Crippen LogP contribution >= 0.6 is 12.2 Å². The molecule has 0 saturated heterocycles. The first-order chi connectivity index (χ1) is 7.77. The van der Waals surface area contributed by atoms with Crippen LogP contribution in [0.25, 0.3) is 0 Å². The summed E-state index contributed by atoms with van der Waals surface area (Å²) in [5.41, 5.74) is 5.20. The van der Waals surface area contributed by atoms with E-state index in [1.165, 1.54) is 0 Å². The Morgan fingerprint density at radius 3 is 2.35 bits per heavy atom.